The van der Waals surface area contributed by atoms with Crippen molar-refractivity contribution < 1.29 is 19.1 Å². The Morgan fingerprint density at radius 3 is 2.96 bits per heavy atom. The molecule has 2 fully saturated rings. The Labute approximate surface area is 158 Å². The van der Waals surface area contributed by atoms with E-state index in [1.54, 1.807) is 6.26 Å². The fraction of sp³-hybridized carbons (Fsp3) is 0.524. The molecular formula is C21H24N2O4. The number of benzene rings is 1. The van der Waals surface area contributed by atoms with Crippen molar-refractivity contribution in [3.05, 3.63) is 41.7 Å². The molecule has 1 aromatic rings. The summed E-state index contributed by atoms with van der Waals surface area (Å²) in [5, 5.41) is 3.10. The van der Waals surface area contributed by atoms with Gasteiger partial charge in [0.2, 0.25) is 5.91 Å². The maximum atomic E-state index is 13.3. The van der Waals surface area contributed by atoms with Gasteiger partial charge in [-0.3, -0.25) is 9.69 Å². The van der Waals surface area contributed by atoms with Crippen molar-refractivity contribution in [3.8, 4) is 0 Å². The van der Waals surface area contributed by atoms with Crippen LogP contribution in [-0.2, 0) is 24.5 Å². The van der Waals surface area contributed by atoms with Crippen molar-refractivity contribution in [2.75, 3.05) is 25.5 Å². The molecule has 27 heavy (non-hydrogen) atoms. The molecule has 5 atom stereocenters. The van der Waals surface area contributed by atoms with Crippen molar-refractivity contribution in [2.24, 2.45) is 11.8 Å². The molecule has 142 valence electrons. The molecule has 0 bridgehead atoms. The second-order valence-corrected chi connectivity index (χ2v) is 8.09. The van der Waals surface area contributed by atoms with E-state index < -0.39 is 5.41 Å². The Morgan fingerprint density at radius 2 is 2.15 bits per heavy atom. The van der Waals surface area contributed by atoms with Gasteiger partial charge < -0.3 is 14.8 Å². The number of para-hydroxylation sites is 1. The summed E-state index contributed by atoms with van der Waals surface area (Å²) in [5.74, 6) is -0.178. The van der Waals surface area contributed by atoms with E-state index in [1.165, 1.54) is 7.11 Å². The molecule has 1 amide bonds. The summed E-state index contributed by atoms with van der Waals surface area (Å²) < 4.78 is 10.9. The van der Waals surface area contributed by atoms with Crippen LogP contribution < -0.4 is 5.32 Å². The topological polar surface area (TPSA) is 67.9 Å². The number of nitrogens with one attached hydrogen (secondary N) is 1. The van der Waals surface area contributed by atoms with Gasteiger partial charge in [0.1, 0.15) is 0 Å². The molecule has 1 spiro atoms. The number of ether oxygens (including phenoxy) is 2. The third-order valence-corrected chi connectivity index (χ3v) is 7.10. The number of hydrogen-bond donors (Lipinski definition) is 1. The highest BCUT2D eigenvalue weighted by atomic mass is 16.5. The molecule has 2 saturated heterocycles. The monoisotopic (exact) mass is 368 g/mol. The third kappa shape index (κ3) is 2.10. The molecule has 6 heteroatoms. The summed E-state index contributed by atoms with van der Waals surface area (Å²) in [7, 11) is 1.40. The molecule has 5 unspecified atom stereocenters. The number of carbonyl (C=O) groups excluding carboxylic acids is 2. The van der Waals surface area contributed by atoms with Crippen LogP contribution in [0.5, 0.6) is 0 Å². The maximum absolute atomic E-state index is 13.3. The quantitative estimate of drug-likeness (QED) is 0.769. The minimum absolute atomic E-state index is 0.0166. The summed E-state index contributed by atoms with van der Waals surface area (Å²) in [6.45, 7) is 3.84. The lowest BCUT2D eigenvalue weighted by atomic mass is 9.62. The van der Waals surface area contributed by atoms with E-state index >= 15 is 0 Å². The lowest BCUT2D eigenvalue weighted by Crippen LogP contribution is -2.59. The second-order valence-electron chi connectivity index (χ2n) is 8.09. The molecule has 4 aliphatic heterocycles. The number of anilines is 1. The summed E-state index contributed by atoms with van der Waals surface area (Å²) in [5.41, 5.74) is 1.90. The smallest absolute Gasteiger partial charge is 0.337 e. The van der Waals surface area contributed by atoms with Gasteiger partial charge in [0.05, 0.1) is 30.5 Å². The number of fused-ring (bicyclic) bond motifs is 6. The fourth-order valence-corrected chi connectivity index (χ4v) is 5.90. The molecule has 5 rings (SSSR count). The van der Waals surface area contributed by atoms with Crippen LogP contribution in [0.1, 0.15) is 25.3 Å². The predicted molar refractivity (Wildman–Crippen MR) is 99.0 cm³/mol. The Hall–Kier alpha value is -2.34. The molecular weight excluding hydrogens is 344 g/mol. The van der Waals surface area contributed by atoms with E-state index in [0.717, 1.165) is 37.2 Å². The van der Waals surface area contributed by atoms with Gasteiger partial charge in [-0.05, 0) is 44.5 Å². The van der Waals surface area contributed by atoms with Crippen LogP contribution in [0.25, 0.3) is 0 Å². The minimum Gasteiger partial charge on any atom is -0.497 e. The van der Waals surface area contributed by atoms with Crippen molar-refractivity contribution >= 4 is 17.6 Å². The number of rotatable bonds is 1. The van der Waals surface area contributed by atoms with Gasteiger partial charge in [-0.1, -0.05) is 18.2 Å². The molecule has 4 aliphatic rings. The highest BCUT2D eigenvalue weighted by Crippen LogP contribution is 2.55. The van der Waals surface area contributed by atoms with E-state index in [1.807, 2.05) is 18.2 Å². The van der Waals surface area contributed by atoms with Crippen molar-refractivity contribution in [1.82, 2.24) is 4.90 Å². The average molecular weight is 368 g/mol. The van der Waals surface area contributed by atoms with Gasteiger partial charge in [0.15, 0.2) is 0 Å². The van der Waals surface area contributed by atoms with Gasteiger partial charge in [-0.25, -0.2) is 4.79 Å². The first kappa shape index (κ1) is 16.8. The number of piperidine rings is 1. The van der Waals surface area contributed by atoms with Crippen LogP contribution >= 0.6 is 0 Å². The summed E-state index contributed by atoms with van der Waals surface area (Å²) in [6.07, 6.45) is 3.32. The molecule has 1 N–H and O–H groups in total. The van der Waals surface area contributed by atoms with Gasteiger partial charge in [-0.15, -0.1) is 0 Å². The second kappa shape index (κ2) is 5.83. The standard InChI is InChI=1S/C21H24N2O4/c1-12-13-7-9-23-10-8-21(15-5-3-4-6-16(15)22-20(21)25)18(23)17(13)14(11-27-12)19(24)26-2/h3-6,11-13,17-18H,7-10H2,1-2H3,(H,22,25). The first-order valence-electron chi connectivity index (χ1n) is 9.67. The molecule has 0 aromatic heterocycles. The zero-order chi connectivity index (χ0) is 18.8. The first-order chi connectivity index (χ1) is 13.1. The highest BCUT2D eigenvalue weighted by Gasteiger charge is 2.64. The summed E-state index contributed by atoms with van der Waals surface area (Å²) >= 11 is 0. The zero-order valence-electron chi connectivity index (χ0n) is 15.6. The lowest BCUT2D eigenvalue weighted by Gasteiger charge is -2.50. The molecule has 0 saturated carbocycles. The van der Waals surface area contributed by atoms with E-state index in [2.05, 4.69) is 23.2 Å². The molecule has 0 aliphatic carbocycles. The van der Waals surface area contributed by atoms with Crippen molar-refractivity contribution in [3.63, 3.8) is 0 Å². The predicted octanol–water partition coefficient (Wildman–Crippen LogP) is 2.06. The minimum atomic E-state index is -0.621. The SMILES string of the molecule is COC(=O)C1=COC(C)C2CCN3CCC4(C(=O)Nc5ccccc54)C3C12. The number of nitrogens with zero attached hydrogens (tertiary/aromatic N) is 1. The van der Waals surface area contributed by atoms with Crippen LogP contribution in [-0.4, -0.2) is 49.1 Å². The van der Waals surface area contributed by atoms with Gasteiger partial charge in [0, 0.05) is 23.6 Å². The Kier molecular flexibility index (Phi) is 3.63. The zero-order valence-corrected chi connectivity index (χ0v) is 15.6. The Morgan fingerprint density at radius 1 is 1.33 bits per heavy atom. The largest absolute Gasteiger partial charge is 0.497 e. The first-order valence-corrected chi connectivity index (χ1v) is 9.67. The van der Waals surface area contributed by atoms with E-state index in [0.29, 0.717) is 5.57 Å². The van der Waals surface area contributed by atoms with Gasteiger partial charge >= 0.3 is 5.97 Å². The molecule has 6 nitrogen and oxygen atoms in total. The van der Waals surface area contributed by atoms with Crippen LogP contribution in [0, 0.1) is 11.8 Å². The van der Waals surface area contributed by atoms with Gasteiger partial charge in [0.25, 0.3) is 0 Å². The molecule has 0 radical (unpaired) electrons. The van der Waals surface area contributed by atoms with Crippen molar-refractivity contribution in [2.45, 2.75) is 37.3 Å². The van der Waals surface area contributed by atoms with E-state index in [9.17, 15) is 9.59 Å². The lowest BCUT2D eigenvalue weighted by molar-refractivity contribution is -0.140. The fourth-order valence-electron chi connectivity index (χ4n) is 5.90. The van der Waals surface area contributed by atoms with E-state index in [4.69, 9.17) is 9.47 Å². The van der Waals surface area contributed by atoms with Crippen LogP contribution in [0.15, 0.2) is 36.1 Å². The number of amides is 1. The number of methoxy groups -OCH3 is 1. The average Bonchev–Trinajstić information content (AvgIpc) is 3.21. The van der Waals surface area contributed by atoms with Crippen LogP contribution in [0.4, 0.5) is 5.69 Å². The third-order valence-electron chi connectivity index (χ3n) is 7.10. The number of hydrogen-bond acceptors (Lipinski definition) is 5. The number of esters is 1. The Bertz CT molecular complexity index is 850. The van der Waals surface area contributed by atoms with Crippen molar-refractivity contribution in [1.29, 1.82) is 0 Å². The Balaban J connectivity index is 1.68. The van der Waals surface area contributed by atoms with E-state index in [-0.39, 0.29) is 35.9 Å². The normalized spacial score (nSPS) is 37.0. The highest BCUT2D eigenvalue weighted by molar-refractivity contribution is 6.07. The van der Waals surface area contributed by atoms with Crippen LogP contribution in [0.2, 0.25) is 0 Å². The summed E-state index contributed by atoms with van der Waals surface area (Å²) in [6, 6.07) is 7.91. The number of carbonyl (C=O) groups is 2. The molecule has 1 aromatic carbocycles. The molecule has 4 heterocycles. The van der Waals surface area contributed by atoms with Gasteiger partial charge in [-0.2, -0.15) is 0 Å². The maximum Gasteiger partial charge on any atom is 0.337 e. The van der Waals surface area contributed by atoms with Crippen LogP contribution in [0.3, 0.4) is 0 Å². The summed E-state index contributed by atoms with van der Waals surface area (Å²) in [4.78, 5) is 28.3.